The zero-order valence-corrected chi connectivity index (χ0v) is 11.5. The quantitative estimate of drug-likeness (QED) is 0.505. The monoisotopic (exact) mass is 248 g/mol. The molecule has 0 spiro atoms. The van der Waals surface area contributed by atoms with E-state index in [1.807, 2.05) is 6.92 Å². The first-order valence-corrected chi connectivity index (χ1v) is 6.30. The van der Waals surface area contributed by atoms with Crippen LogP contribution in [-0.2, 0) is 14.2 Å². The number of hydrogen-bond donors (Lipinski definition) is 1. The van der Waals surface area contributed by atoms with Crippen LogP contribution < -0.4 is 5.73 Å². The molecule has 0 aromatic carbocycles. The van der Waals surface area contributed by atoms with Gasteiger partial charge in [-0.1, -0.05) is 0 Å². The molecule has 0 aromatic heterocycles. The smallest absolute Gasteiger partial charge is 0.0823 e. The standard InChI is InChI=1S/C12H28N2O3/c1-4-17-12(10-13)11-14(7-9-16-3)6-5-8-15-2/h12H,4-11,13H2,1-3H3. The van der Waals surface area contributed by atoms with Crippen molar-refractivity contribution >= 4 is 0 Å². The van der Waals surface area contributed by atoms with Gasteiger partial charge in [0.25, 0.3) is 0 Å². The second kappa shape index (κ2) is 12.3. The lowest BCUT2D eigenvalue weighted by Gasteiger charge is -2.26. The fourth-order valence-corrected chi connectivity index (χ4v) is 1.67. The highest BCUT2D eigenvalue weighted by molar-refractivity contribution is 4.67. The van der Waals surface area contributed by atoms with Gasteiger partial charge in [-0.2, -0.15) is 0 Å². The van der Waals surface area contributed by atoms with Gasteiger partial charge in [-0.25, -0.2) is 0 Å². The summed E-state index contributed by atoms with van der Waals surface area (Å²) in [4.78, 5) is 2.32. The van der Waals surface area contributed by atoms with Gasteiger partial charge in [-0.05, 0) is 13.3 Å². The second-order valence-corrected chi connectivity index (χ2v) is 3.95. The largest absolute Gasteiger partial charge is 0.385 e. The molecule has 1 atom stereocenters. The highest BCUT2D eigenvalue weighted by atomic mass is 16.5. The predicted octanol–water partition coefficient (Wildman–Crippen LogP) is 0.335. The summed E-state index contributed by atoms with van der Waals surface area (Å²) in [5, 5.41) is 0. The third-order valence-electron chi connectivity index (χ3n) is 2.56. The fraction of sp³-hybridized carbons (Fsp3) is 1.00. The molecule has 0 amide bonds. The number of nitrogens with zero attached hydrogens (tertiary/aromatic N) is 1. The summed E-state index contributed by atoms with van der Waals surface area (Å²) < 4.78 is 15.7. The maximum absolute atomic E-state index is 5.68. The minimum atomic E-state index is 0.111. The van der Waals surface area contributed by atoms with Gasteiger partial charge < -0.3 is 19.9 Å². The molecule has 0 saturated carbocycles. The van der Waals surface area contributed by atoms with Gasteiger partial charge in [-0.15, -0.1) is 0 Å². The van der Waals surface area contributed by atoms with Gasteiger partial charge >= 0.3 is 0 Å². The van der Waals surface area contributed by atoms with Crippen LogP contribution in [0.15, 0.2) is 0 Å². The molecule has 104 valence electrons. The molecule has 1 unspecified atom stereocenters. The van der Waals surface area contributed by atoms with E-state index in [9.17, 15) is 0 Å². The predicted molar refractivity (Wildman–Crippen MR) is 69.3 cm³/mol. The van der Waals surface area contributed by atoms with Crippen molar-refractivity contribution in [3.8, 4) is 0 Å². The van der Waals surface area contributed by atoms with Crippen molar-refractivity contribution in [2.24, 2.45) is 5.73 Å². The summed E-state index contributed by atoms with van der Waals surface area (Å²) in [5.74, 6) is 0. The van der Waals surface area contributed by atoms with Crippen LogP contribution in [0.4, 0.5) is 0 Å². The zero-order valence-electron chi connectivity index (χ0n) is 11.5. The number of nitrogens with two attached hydrogens (primary N) is 1. The van der Waals surface area contributed by atoms with E-state index in [1.54, 1.807) is 14.2 Å². The van der Waals surface area contributed by atoms with E-state index in [0.717, 1.165) is 39.3 Å². The normalized spacial score (nSPS) is 13.2. The van der Waals surface area contributed by atoms with Crippen LogP contribution in [-0.4, -0.2) is 71.2 Å². The van der Waals surface area contributed by atoms with Crippen LogP contribution in [0.25, 0.3) is 0 Å². The molecular weight excluding hydrogens is 220 g/mol. The fourth-order valence-electron chi connectivity index (χ4n) is 1.67. The summed E-state index contributed by atoms with van der Waals surface area (Å²) in [6, 6.07) is 0. The van der Waals surface area contributed by atoms with Crippen molar-refractivity contribution in [3.05, 3.63) is 0 Å². The molecule has 0 aliphatic heterocycles. The van der Waals surface area contributed by atoms with Crippen molar-refractivity contribution in [1.82, 2.24) is 4.90 Å². The van der Waals surface area contributed by atoms with Crippen molar-refractivity contribution < 1.29 is 14.2 Å². The van der Waals surface area contributed by atoms with E-state index in [2.05, 4.69) is 4.90 Å². The van der Waals surface area contributed by atoms with E-state index >= 15 is 0 Å². The molecule has 17 heavy (non-hydrogen) atoms. The summed E-state index contributed by atoms with van der Waals surface area (Å²) in [6.45, 7) is 7.52. The molecule has 0 radical (unpaired) electrons. The van der Waals surface area contributed by atoms with Crippen LogP contribution >= 0.6 is 0 Å². The van der Waals surface area contributed by atoms with E-state index in [0.29, 0.717) is 13.2 Å². The molecule has 0 rings (SSSR count). The van der Waals surface area contributed by atoms with Crippen molar-refractivity contribution in [1.29, 1.82) is 0 Å². The van der Waals surface area contributed by atoms with Gasteiger partial charge in [0.15, 0.2) is 0 Å². The van der Waals surface area contributed by atoms with Gasteiger partial charge in [0.1, 0.15) is 0 Å². The van der Waals surface area contributed by atoms with Crippen molar-refractivity contribution in [2.45, 2.75) is 19.4 Å². The highest BCUT2D eigenvalue weighted by Gasteiger charge is 2.12. The Hall–Kier alpha value is -0.200. The van der Waals surface area contributed by atoms with E-state index < -0.39 is 0 Å². The SMILES string of the molecule is CCOC(CN)CN(CCCOC)CCOC. The Kier molecular flexibility index (Phi) is 12.1. The van der Waals surface area contributed by atoms with Crippen molar-refractivity contribution in [3.63, 3.8) is 0 Å². The minimum absolute atomic E-state index is 0.111. The lowest BCUT2D eigenvalue weighted by atomic mass is 10.3. The Bertz CT molecular complexity index is 159. The highest BCUT2D eigenvalue weighted by Crippen LogP contribution is 1.99. The second-order valence-electron chi connectivity index (χ2n) is 3.95. The Morgan fingerprint density at radius 2 is 1.82 bits per heavy atom. The molecule has 0 fully saturated rings. The lowest BCUT2D eigenvalue weighted by molar-refractivity contribution is 0.0301. The van der Waals surface area contributed by atoms with Crippen LogP contribution in [0.3, 0.4) is 0 Å². The van der Waals surface area contributed by atoms with E-state index in [4.69, 9.17) is 19.9 Å². The minimum Gasteiger partial charge on any atom is -0.385 e. The Morgan fingerprint density at radius 3 is 2.35 bits per heavy atom. The summed E-state index contributed by atoms with van der Waals surface area (Å²) in [6.07, 6.45) is 1.13. The lowest BCUT2D eigenvalue weighted by Crippen LogP contribution is -2.40. The maximum atomic E-state index is 5.68. The molecule has 0 aromatic rings. The maximum Gasteiger partial charge on any atom is 0.0823 e. The van der Waals surface area contributed by atoms with E-state index in [1.165, 1.54) is 0 Å². The van der Waals surface area contributed by atoms with E-state index in [-0.39, 0.29) is 6.10 Å². The van der Waals surface area contributed by atoms with Gasteiger partial charge in [0.05, 0.1) is 12.7 Å². The number of hydrogen-bond acceptors (Lipinski definition) is 5. The summed E-state index contributed by atoms with van der Waals surface area (Å²) >= 11 is 0. The molecule has 0 bridgehead atoms. The Morgan fingerprint density at radius 1 is 1.12 bits per heavy atom. The molecule has 0 aliphatic rings. The van der Waals surface area contributed by atoms with Crippen LogP contribution in [0.1, 0.15) is 13.3 Å². The van der Waals surface area contributed by atoms with Crippen LogP contribution in [0.5, 0.6) is 0 Å². The molecule has 5 heteroatoms. The van der Waals surface area contributed by atoms with Gasteiger partial charge in [0.2, 0.25) is 0 Å². The first-order chi connectivity index (χ1) is 8.28. The molecule has 0 aliphatic carbocycles. The summed E-state index contributed by atoms with van der Waals surface area (Å²) in [5.41, 5.74) is 5.68. The zero-order chi connectivity index (χ0) is 12.9. The molecule has 5 nitrogen and oxygen atoms in total. The van der Waals surface area contributed by atoms with Crippen LogP contribution in [0.2, 0.25) is 0 Å². The third-order valence-corrected chi connectivity index (χ3v) is 2.56. The van der Waals surface area contributed by atoms with Gasteiger partial charge in [0, 0.05) is 53.6 Å². The number of ether oxygens (including phenoxy) is 3. The Labute approximate surface area is 105 Å². The first kappa shape index (κ1) is 16.8. The number of methoxy groups -OCH3 is 2. The topological polar surface area (TPSA) is 57.0 Å². The molecule has 0 heterocycles. The molecule has 0 saturated heterocycles. The van der Waals surface area contributed by atoms with Crippen molar-refractivity contribution in [2.75, 3.05) is 60.2 Å². The average molecular weight is 248 g/mol. The third kappa shape index (κ3) is 9.50. The van der Waals surface area contributed by atoms with Crippen LogP contribution in [0, 0.1) is 0 Å². The van der Waals surface area contributed by atoms with Gasteiger partial charge in [-0.3, -0.25) is 4.90 Å². The average Bonchev–Trinajstić information content (AvgIpc) is 2.35. The Balaban J connectivity index is 3.95. The molecular formula is C12H28N2O3. The molecule has 2 N–H and O–H groups in total. The summed E-state index contributed by atoms with van der Waals surface area (Å²) in [7, 11) is 3.44. The first-order valence-electron chi connectivity index (χ1n) is 6.30. The number of rotatable bonds is 12.